The number of fused-ring (bicyclic) bond motifs is 1. The third kappa shape index (κ3) is 3.77. The van der Waals surface area contributed by atoms with E-state index in [-0.39, 0.29) is 22.0 Å². The van der Waals surface area contributed by atoms with Crippen molar-refractivity contribution in [3.8, 4) is 16.8 Å². The highest BCUT2D eigenvalue weighted by atomic mass is 19.4. The molecule has 0 bridgehead atoms. The third-order valence-electron chi connectivity index (χ3n) is 4.95. The average Bonchev–Trinajstić information content (AvgIpc) is 2.73. The molecule has 1 heterocycles. The van der Waals surface area contributed by atoms with Gasteiger partial charge in [0.05, 0.1) is 22.2 Å². The number of alkyl halides is 3. The molecule has 0 fully saturated rings. The molecule has 11 heteroatoms. The van der Waals surface area contributed by atoms with Crippen molar-refractivity contribution < 1.29 is 26.7 Å². The average molecular weight is 461 g/mol. The molecule has 1 aromatic heterocycles. The van der Waals surface area contributed by atoms with Crippen molar-refractivity contribution in [3.05, 3.63) is 98.7 Å². The summed E-state index contributed by atoms with van der Waals surface area (Å²) in [6, 6.07) is 8.44. The number of nitrogens with zero attached hydrogens (tertiary/aromatic N) is 2. The third-order valence-corrected chi connectivity index (χ3v) is 4.95. The predicted octanol–water partition coefficient (Wildman–Crippen LogP) is 4.04. The van der Waals surface area contributed by atoms with Crippen LogP contribution in [-0.4, -0.2) is 15.2 Å². The number of primary amides is 1. The van der Waals surface area contributed by atoms with E-state index in [1.165, 1.54) is 6.07 Å². The van der Waals surface area contributed by atoms with Crippen LogP contribution in [0.15, 0.2) is 70.3 Å². The fraction of sp³-hybridized carbons (Fsp3) is 0.0455. The molecule has 1 amide bonds. The van der Waals surface area contributed by atoms with Crippen LogP contribution < -0.4 is 17.0 Å². The Morgan fingerprint density at radius 2 is 1.64 bits per heavy atom. The number of hydrogen-bond acceptors (Lipinski definition) is 3. The maximum absolute atomic E-state index is 14.2. The van der Waals surface area contributed by atoms with Crippen molar-refractivity contribution >= 4 is 16.9 Å². The molecule has 0 saturated heterocycles. The van der Waals surface area contributed by atoms with Gasteiger partial charge in [-0.3, -0.25) is 4.79 Å². The van der Waals surface area contributed by atoms with Gasteiger partial charge in [0.25, 0.3) is 5.56 Å². The lowest BCUT2D eigenvalue weighted by atomic mass is 10.0. The standard InChI is InChI=1S/C22H12F5N3O3/c23-13-5-6-15(17(24)10-13)11-4-7-18-16(8-11)19(31)29(21(33)30(18)20(28)32)14-3-1-2-12(9-14)22(25,26)27/h1-10H,(H2,28,32). The van der Waals surface area contributed by atoms with E-state index in [0.717, 1.165) is 42.5 Å². The molecule has 0 atom stereocenters. The number of amides is 1. The first-order valence-corrected chi connectivity index (χ1v) is 9.24. The highest BCUT2D eigenvalue weighted by Crippen LogP contribution is 2.30. The summed E-state index contributed by atoms with van der Waals surface area (Å²) in [4.78, 5) is 38.1. The maximum Gasteiger partial charge on any atom is 0.416 e. The topological polar surface area (TPSA) is 87.1 Å². The Morgan fingerprint density at radius 3 is 2.27 bits per heavy atom. The van der Waals surface area contributed by atoms with E-state index >= 15 is 0 Å². The van der Waals surface area contributed by atoms with Gasteiger partial charge in [-0.2, -0.15) is 13.2 Å². The van der Waals surface area contributed by atoms with Gasteiger partial charge >= 0.3 is 17.9 Å². The number of carbonyl (C=O) groups is 1. The minimum absolute atomic E-state index is 0.0832. The Morgan fingerprint density at radius 1 is 0.909 bits per heavy atom. The summed E-state index contributed by atoms with van der Waals surface area (Å²) in [6.45, 7) is 0. The van der Waals surface area contributed by atoms with Gasteiger partial charge in [-0.25, -0.2) is 27.5 Å². The van der Waals surface area contributed by atoms with Gasteiger partial charge in [-0.05, 0) is 48.0 Å². The van der Waals surface area contributed by atoms with Crippen LogP contribution in [0.25, 0.3) is 27.7 Å². The first-order chi connectivity index (χ1) is 15.5. The Balaban J connectivity index is 2.08. The predicted molar refractivity (Wildman–Crippen MR) is 109 cm³/mol. The molecule has 33 heavy (non-hydrogen) atoms. The van der Waals surface area contributed by atoms with Gasteiger partial charge in [-0.15, -0.1) is 0 Å². The van der Waals surface area contributed by atoms with Crippen LogP contribution in [0, 0.1) is 11.6 Å². The van der Waals surface area contributed by atoms with Gasteiger partial charge in [0.1, 0.15) is 11.6 Å². The molecule has 3 aromatic carbocycles. The Kier molecular flexibility index (Phi) is 5.11. The number of rotatable bonds is 2. The minimum atomic E-state index is -4.76. The molecule has 2 N–H and O–H groups in total. The first kappa shape index (κ1) is 21.9. The van der Waals surface area contributed by atoms with E-state index < -0.39 is 46.3 Å². The van der Waals surface area contributed by atoms with Gasteiger partial charge < -0.3 is 5.73 Å². The number of hydrogen-bond donors (Lipinski definition) is 1. The van der Waals surface area contributed by atoms with Crippen molar-refractivity contribution in [2.24, 2.45) is 5.73 Å². The summed E-state index contributed by atoms with van der Waals surface area (Å²) in [6.07, 6.45) is -4.76. The molecular formula is C22H12F5N3O3. The first-order valence-electron chi connectivity index (χ1n) is 9.24. The molecule has 4 aromatic rings. The van der Waals surface area contributed by atoms with E-state index in [2.05, 4.69) is 0 Å². The Hall–Kier alpha value is -4.28. The minimum Gasteiger partial charge on any atom is -0.351 e. The lowest BCUT2D eigenvalue weighted by molar-refractivity contribution is -0.137. The van der Waals surface area contributed by atoms with Crippen LogP contribution in [0.4, 0.5) is 26.7 Å². The van der Waals surface area contributed by atoms with Crippen molar-refractivity contribution in [1.82, 2.24) is 9.13 Å². The lowest BCUT2D eigenvalue weighted by Crippen LogP contribution is -2.43. The zero-order chi connectivity index (χ0) is 24.1. The largest absolute Gasteiger partial charge is 0.416 e. The van der Waals surface area contributed by atoms with E-state index in [1.807, 2.05) is 0 Å². The summed E-state index contributed by atoms with van der Waals surface area (Å²) in [5.74, 6) is -1.76. The van der Waals surface area contributed by atoms with E-state index in [9.17, 15) is 36.3 Å². The van der Waals surface area contributed by atoms with Crippen LogP contribution >= 0.6 is 0 Å². The quantitative estimate of drug-likeness (QED) is 0.457. The van der Waals surface area contributed by atoms with Crippen molar-refractivity contribution in [3.63, 3.8) is 0 Å². The van der Waals surface area contributed by atoms with Crippen LogP contribution in [0.3, 0.4) is 0 Å². The number of carbonyl (C=O) groups excluding carboxylic acids is 1. The summed E-state index contributed by atoms with van der Waals surface area (Å²) in [5.41, 5.74) is 1.17. The van der Waals surface area contributed by atoms with E-state index in [1.54, 1.807) is 0 Å². The zero-order valence-corrected chi connectivity index (χ0v) is 16.4. The smallest absolute Gasteiger partial charge is 0.351 e. The molecule has 0 aliphatic rings. The second-order valence-corrected chi connectivity index (χ2v) is 7.00. The molecule has 6 nitrogen and oxygen atoms in total. The number of benzene rings is 3. The fourth-order valence-corrected chi connectivity index (χ4v) is 3.47. The Labute approximate surface area is 180 Å². The Bertz CT molecular complexity index is 1550. The summed E-state index contributed by atoms with van der Waals surface area (Å²) in [5, 5.41) is -0.299. The molecule has 168 valence electrons. The molecule has 0 radical (unpaired) electrons. The molecule has 0 aliphatic carbocycles. The molecule has 0 saturated carbocycles. The van der Waals surface area contributed by atoms with Crippen LogP contribution in [-0.2, 0) is 6.18 Å². The monoisotopic (exact) mass is 461 g/mol. The molecular weight excluding hydrogens is 449 g/mol. The second kappa shape index (κ2) is 7.69. The highest BCUT2D eigenvalue weighted by Gasteiger charge is 2.31. The number of halogens is 5. The van der Waals surface area contributed by atoms with Crippen LogP contribution in [0.5, 0.6) is 0 Å². The van der Waals surface area contributed by atoms with Crippen molar-refractivity contribution in [2.75, 3.05) is 0 Å². The van der Waals surface area contributed by atoms with Gasteiger partial charge in [-0.1, -0.05) is 12.1 Å². The SMILES string of the molecule is NC(=O)n1c(=O)n(-c2cccc(C(F)(F)F)c2)c(=O)c2cc(-c3ccc(F)cc3F)ccc21. The normalized spacial score (nSPS) is 11.7. The van der Waals surface area contributed by atoms with Gasteiger partial charge in [0.2, 0.25) is 0 Å². The zero-order valence-electron chi connectivity index (χ0n) is 16.4. The van der Waals surface area contributed by atoms with E-state index in [0.29, 0.717) is 21.3 Å². The molecule has 0 unspecified atom stereocenters. The maximum atomic E-state index is 14.2. The van der Waals surface area contributed by atoms with Crippen molar-refractivity contribution in [2.45, 2.75) is 6.18 Å². The van der Waals surface area contributed by atoms with Crippen LogP contribution in [0.2, 0.25) is 0 Å². The van der Waals surface area contributed by atoms with Crippen molar-refractivity contribution in [1.29, 1.82) is 0 Å². The number of aromatic nitrogens is 2. The summed E-state index contributed by atoms with van der Waals surface area (Å²) >= 11 is 0. The lowest BCUT2D eigenvalue weighted by Gasteiger charge is -2.14. The second-order valence-electron chi connectivity index (χ2n) is 7.00. The van der Waals surface area contributed by atoms with E-state index in [4.69, 9.17) is 5.73 Å². The number of nitrogens with two attached hydrogens (primary N) is 1. The highest BCUT2D eigenvalue weighted by molar-refractivity contribution is 5.91. The van der Waals surface area contributed by atoms with Gasteiger partial charge in [0, 0.05) is 11.6 Å². The molecule has 0 aliphatic heterocycles. The fourth-order valence-electron chi connectivity index (χ4n) is 3.47. The summed E-state index contributed by atoms with van der Waals surface area (Å²) in [7, 11) is 0. The van der Waals surface area contributed by atoms with Gasteiger partial charge in [0.15, 0.2) is 0 Å². The summed E-state index contributed by atoms with van der Waals surface area (Å²) < 4.78 is 67.7. The molecule has 4 rings (SSSR count). The molecule has 0 spiro atoms. The van der Waals surface area contributed by atoms with Crippen LogP contribution in [0.1, 0.15) is 5.56 Å².